The van der Waals surface area contributed by atoms with Crippen LogP contribution in [0.2, 0.25) is 15.1 Å². The van der Waals surface area contributed by atoms with Gasteiger partial charge in [-0.1, -0.05) is 53.0 Å². The van der Waals surface area contributed by atoms with E-state index >= 15 is 0 Å². The van der Waals surface area contributed by atoms with E-state index in [1.54, 1.807) is 24.3 Å². The Hall–Kier alpha value is -3.99. The number of carbonyl (C=O) groups excluding carboxylic acids is 3. The van der Waals surface area contributed by atoms with Crippen LogP contribution >= 0.6 is 34.8 Å². The van der Waals surface area contributed by atoms with Gasteiger partial charge in [-0.05, 0) is 59.5 Å². The molecular weight excluding hydrogens is 598 g/mol. The number of Topliss-reactive ketones (excluding diaryl/α,β-unsaturated/α-hetero) is 1. The van der Waals surface area contributed by atoms with Gasteiger partial charge in [0.15, 0.2) is 5.78 Å². The molecule has 0 aliphatic rings. The van der Waals surface area contributed by atoms with Crippen molar-refractivity contribution >= 4 is 64.2 Å². The van der Waals surface area contributed by atoms with E-state index in [4.69, 9.17) is 45.9 Å². The summed E-state index contributed by atoms with van der Waals surface area (Å²) in [6.45, 7) is -0.361. The number of nitrogens with one attached hydrogen (secondary N) is 3. The van der Waals surface area contributed by atoms with Gasteiger partial charge in [0.25, 0.3) is 11.8 Å². The second-order valence-corrected chi connectivity index (χ2v) is 10.2. The fourth-order valence-electron chi connectivity index (χ4n) is 3.84. The number of aliphatic carboxylic acids is 1. The minimum atomic E-state index is -1.46. The number of nitrogens with two attached hydrogens (primary N) is 1. The lowest BCUT2D eigenvalue weighted by Gasteiger charge is -2.16. The number of halogens is 4. The zero-order valence-corrected chi connectivity index (χ0v) is 23.5. The molecule has 0 bridgehead atoms. The van der Waals surface area contributed by atoms with Gasteiger partial charge in [0, 0.05) is 18.4 Å². The first kappa shape index (κ1) is 31.5. The van der Waals surface area contributed by atoms with E-state index in [1.807, 2.05) is 0 Å². The van der Waals surface area contributed by atoms with Crippen molar-refractivity contribution in [3.63, 3.8) is 0 Å². The van der Waals surface area contributed by atoms with Crippen LogP contribution in [0.25, 0.3) is 11.1 Å². The van der Waals surface area contributed by atoms with E-state index in [0.717, 1.165) is 0 Å². The van der Waals surface area contributed by atoms with Gasteiger partial charge < -0.3 is 21.5 Å². The largest absolute Gasteiger partial charge is 0.480 e. The van der Waals surface area contributed by atoms with Crippen LogP contribution in [0.15, 0.2) is 54.6 Å². The normalized spacial score (nSPS) is 11.4. The summed E-state index contributed by atoms with van der Waals surface area (Å²) in [6, 6.07) is 11.8. The molecule has 9 nitrogen and oxygen atoms in total. The van der Waals surface area contributed by atoms with E-state index in [-0.39, 0.29) is 57.8 Å². The third-order valence-electron chi connectivity index (χ3n) is 5.87. The minimum Gasteiger partial charge on any atom is -0.480 e. The van der Waals surface area contributed by atoms with Crippen molar-refractivity contribution in [1.82, 2.24) is 10.6 Å². The van der Waals surface area contributed by atoms with Gasteiger partial charge >= 0.3 is 5.97 Å². The summed E-state index contributed by atoms with van der Waals surface area (Å²) in [5.41, 5.74) is 6.93. The van der Waals surface area contributed by atoms with Gasteiger partial charge in [-0.25, -0.2) is 9.18 Å². The van der Waals surface area contributed by atoms with Crippen LogP contribution in [0.5, 0.6) is 0 Å². The first-order valence-electron chi connectivity index (χ1n) is 12.1. The summed E-state index contributed by atoms with van der Waals surface area (Å²) < 4.78 is 13.9. The Morgan fingerprint density at radius 3 is 2.22 bits per heavy atom. The van der Waals surface area contributed by atoms with Crippen LogP contribution in [0.1, 0.15) is 39.1 Å². The Morgan fingerprint density at radius 2 is 1.61 bits per heavy atom. The van der Waals surface area contributed by atoms with Crippen LogP contribution in [-0.2, 0) is 16.0 Å². The first-order chi connectivity index (χ1) is 19.3. The van der Waals surface area contributed by atoms with E-state index in [2.05, 4.69) is 10.6 Å². The maximum absolute atomic E-state index is 13.9. The van der Waals surface area contributed by atoms with Crippen molar-refractivity contribution in [1.29, 1.82) is 5.41 Å². The van der Waals surface area contributed by atoms with Gasteiger partial charge in [-0.15, -0.1) is 0 Å². The Kier molecular flexibility index (Phi) is 10.8. The number of rotatable bonds is 12. The number of hydrogen-bond donors (Lipinski definition) is 5. The summed E-state index contributed by atoms with van der Waals surface area (Å²) in [4.78, 5) is 49.4. The van der Waals surface area contributed by atoms with E-state index in [1.165, 1.54) is 30.3 Å². The van der Waals surface area contributed by atoms with Gasteiger partial charge in [0.2, 0.25) is 0 Å². The molecular formula is C28H24Cl3FN4O5. The summed E-state index contributed by atoms with van der Waals surface area (Å²) in [6.07, 6.45) is -0.350. The van der Waals surface area contributed by atoms with E-state index in [9.17, 15) is 28.7 Å². The second-order valence-electron chi connectivity index (χ2n) is 8.97. The van der Waals surface area contributed by atoms with Crippen LogP contribution in [0.3, 0.4) is 0 Å². The fourth-order valence-corrected chi connectivity index (χ4v) is 4.61. The Bertz CT molecular complexity index is 1510. The molecule has 3 aromatic rings. The van der Waals surface area contributed by atoms with Crippen molar-refractivity contribution in [3.8, 4) is 11.1 Å². The Balaban J connectivity index is 1.60. The average molecular weight is 622 g/mol. The molecule has 13 heteroatoms. The number of benzene rings is 3. The molecule has 2 amide bonds. The molecule has 214 valence electrons. The summed E-state index contributed by atoms with van der Waals surface area (Å²) in [5.74, 6) is -3.98. The van der Waals surface area contributed by atoms with Crippen molar-refractivity contribution in [2.24, 2.45) is 5.73 Å². The highest BCUT2D eigenvalue weighted by Crippen LogP contribution is 2.33. The highest BCUT2D eigenvalue weighted by atomic mass is 35.5. The molecule has 0 radical (unpaired) electrons. The number of amidine groups is 1. The standard InChI is InChI=1S/C28H24Cl3FN4O5/c29-19-6-4-15(12-22(19)32)17-10-20(30)25(21(31)11-17)27(39)36-23(28(40)41)7-5-18(37)13-35-26(38)16-3-1-2-14(8-16)9-24(33)34/h1-4,6,8,10-12,23H,5,7,9,13H2,(H3,33,34)(H,35,38)(H,36,39)(H,40,41)/t23-/m0/s1. The Morgan fingerprint density at radius 1 is 0.927 bits per heavy atom. The van der Waals surface area contributed by atoms with Crippen LogP contribution in [-0.4, -0.2) is 47.1 Å². The Labute approximate surface area is 249 Å². The zero-order valence-electron chi connectivity index (χ0n) is 21.3. The third kappa shape index (κ3) is 8.75. The predicted molar refractivity (Wildman–Crippen MR) is 154 cm³/mol. The van der Waals surface area contributed by atoms with Crippen molar-refractivity contribution in [2.75, 3.05) is 6.54 Å². The molecule has 41 heavy (non-hydrogen) atoms. The minimum absolute atomic E-state index is 0.0611. The number of carboxylic acids is 1. The van der Waals surface area contributed by atoms with Gasteiger partial charge in [-0.3, -0.25) is 19.8 Å². The molecule has 0 saturated carbocycles. The number of carboxylic acid groups (broad SMARTS) is 1. The van der Waals surface area contributed by atoms with Gasteiger partial charge in [0.05, 0.1) is 33.0 Å². The van der Waals surface area contributed by atoms with Crippen molar-refractivity contribution < 1.29 is 28.7 Å². The molecule has 0 heterocycles. The molecule has 3 aromatic carbocycles. The molecule has 0 aliphatic carbocycles. The lowest BCUT2D eigenvalue weighted by molar-refractivity contribution is -0.139. The topological polar surface area (TPSA) is 162 Å². The lowest BCUT2D eigenvalue weighted by Crippen LogP contribution is -2.41. The molecule has 0 fully saturated rings. The van der Waals surface area contributed by atoms with Crippen LogP contribution < -0.4 is 16.4 Å². The number of hydrogen-bond acceptors (Lipinski definition) is 5. The average Bonchev–Trinajstić information content (AvgIpc) is 2.90. The van der Waals surface area contributed by atoms with E-state index < -0.39 is 35.4 Å². The summed E-state index contributed by atoms with van der Waals surface area (Å²) in [5, 5.41) is 21.4. The molecule has 0 aliphatic heterocycles. The predicted octanol–water partition coefficient (Wildman–Crippen LogP) is 4.89. The third-order valence-corrected chi connectivity index (χ3v) is 6.77. The molecule has 0 spiro atoms. The maximum atomic E-state index is 13.9. The smallest absolute Gasteiger partial charge is 0.326 e. The number of carbonyl (C=O) groups is 4. The van der Waals surface area contributed by atoms with Crippen LogP contribution in [0.4, 0.5) is 4.39 Å². The quantitative estimate of drug-likeness (QED) is 0.143. The molecule has 6 N–H and O–H groups in total. The monoisotopic (exact) mass is 620 g/mol. The second kappa shape index (κ2) is 14.1. The van der Waals surface area contributed by atoms with Crippen molar-refractivity contribution in [3.05, 3.63) is 92.2 Å². The fraction of sp³-hybridized carbons (Fsp3) is 0.179. The van der Waals surface area contributed by atoms with E-state index in [0.29, 0.717) is 16.7 Å². The summed E-state index contributed by atoms with van der Waals surface area (Å²) in [7, 11) is 0. The molecule has 0 unspecified atom stereocenters. The molecule has 0 saturated heterocycles. The van der Waals surface area contributed by atoms with Crippen LogP contribution in [0, 0.1) is 11.2 Å². The first-order valence-corrected chi connectivity index (χ1v) is 13.2. The molecule has 1 atom stereocenters. The summed E-state index contributed by atoms with van der Waals surface area (Å²) >= 11 is 18.3. The van der Waals surface area contributed by atoms with Gasteiger partial charge in [-0.2, -0.15) is 0 Å². The lowest BCUT2D eigenvalue weighted by atomic mass is 10.0. The SMILES string of the molecule is N=C(N)Cc1cccc(C(=O)NCC(=O)CC[C@H](NC(=O)c2c(Cl)cc(-c3ccc(Cl)c(F)c3)cc2Cl)C(=O)O)c1. The van der Waals surface area contributed by atoms with Crippen molar-refractivity contribution in [2.45, 2.75) is 25.3 Å². The maximum Gasteiger partial charge on any atom is 0.326 e. The zero-order chi connectivity index (χ0) is 30.3. The molecule has 3 rings (SSSR count). The number of ketones is 1. The number of amides is 2. The van der Waals surface area contributed by atoms with Gasteiger partial charge in [0.1, 0.15) is 11.9 Å². The highest BCUT2D eigenvalue weighted by Gasteiger charge is 2.25. The highest BCUT2D eigenvalue weighted by molar-refractivity contribution is 6.40. The molecule has 0 aromatic heterocycles.